The molecule has 0 spiro atoms. The van der Waals surface area contributed by atoms with Crippen molar-refractivity contribution in [2.75, 3.05) is 0 Å². The van der Waals surface area contributed by atoms with E-state index in [-0.39, 0.29) is 0 Å². The Bertz CT molecular complexity index is 71.0. The number of hydrogen-bond acceptors (Lipinski definition) is 4. The zero-order valence-electron chi connectivity index (χ0n) is 3.13. The van der Waals surface area contributed by atoms with Gasteiger partial charge in [0.2, 0.25) is 0 Å². The molecule has 0 aromatic carbocycles. The average Bonchev–Trinajstić information content (AvgIpc) is 1.69. The van der Waals surface area contributed by atoms with Crippen molar-refractivity contribution >= 4 is 73.9 Å². The fraction of sp³-hybridized carbons (Fsp3) is 0. The molecule has 0 amide bonds. The topological polar surface area (TPSA) is 44.8 Å². The van der Waals surface area contributed by atoms with Crippen molar-refractivity contribution in [3.05, 3.63) is 0 Å². The predicted octanol–water partition coefficient (Wildman–Crippen LogP) is -1.47. The van der Waals surface area contributed by atoms with Crippen LogP contribution in [0.2, 0.25) is 0 Å². The Morgan fingerprint density at radius 1 is 1.29 bits per heavy atom. The van der Waals surface area contributed by atoms with Crippen LogP contribution in [-0.4, -0.2) is 73.9 Å². The Morgan fingerprint density at radius 2 is 1.86 bits per heavy atom. The van der Waals surface area contributed by atoms with Crippen LogP contribution in [0.3, 0.4) is 0 Å². The molecule has 4 nitrogen and oxygen atoms in total. The van der Waals surface area contributed by atoms with Gasteiger partial charge in [-0.25, -0.2) is 0 Å². The first-order valence-corrected chi connectivity index (χ1v) is 12.5. The first-order chi connectivity index (χ1) is 3.39. The first kappa shape index (κ1) is 7.55. The van der Waals surface area contributed by atoms with Crippen LogP contribution in [0.4, 0.5) is 0 Å². The van der Waals surface area contributed by atoms with Gasteiger partial charge in [0, 0.05) is 0 Å². The maximum atomic E-state index is 10.3. The average molecular weight is 686 g/mol. The fourth-order valence-corrected chi connectivity index (χ4v) is 48.8. The first-order valence-electron chi connectivity index (χ1n) is 1.43. The van der Waals surface area contributed by atoms with Crippen LogP contribution in [0.25, 0.3) is 0 Å². The summed E-state index contributed by atoms with van der Waals surface area (Å²) in [5.74, 6) is 0. The van der Waals surface area contributed by atoms with Gasteiger partial charge in [-0.2, -0.15) is 0 Å². The minimum atomic E-state index is -2.90. The van der Waals surface area contributed by atoms with Gasteiger partial charge in [-0.15, -0.1) is 0 Å². The molecule has 0 N–H and O–H groups in total. The van der Waals surface area contributed by atoms with Crippen molar-refractivity contribution in [1.29, 1.82) is 0 Å². The molecule has 4 radical (unpaired) electrons. The van der Waals surface area contributed by atoms with Crippen LogP contribution in [0.1, 0.15) is 0 Å². The van der Waals surface area contributed by atoms with Crippen LogP contribution in [0.5, 0.6) is 0 Å². The zero-order chi connectivity index (χ0) is 5.11. The molecule has 1 saturated heterocycles. The zero-order valence-corrected chi connectivity index (χ0v) is 14.8. The van der Waals surface area contributed by atoms with Gasteiger partial charge < -0.3 is 0 Å². The molecule has 36 valence electrons. The van der Waals surface area contributed by atoms with Crippen LogP contribution >= 0.6 is 0 Å². The van der Waals surface area contributed by atoms with Crippen molar-refractivity contribution in [2.45, 2.75) is 0 Å². The third kappa shape index (κ3) is 3.22. The standard InChI is InChI=1S/4O.3Pb. The van der Waals surface area contributed by atoms with Crippen LogP contribution in [-0.2, 0) is 4.60 Å². The molecule has 1 fully saturated rings. The van der Waals surface area contributed by atoms with Gasteiger partial charge in [0.15, 0.2) is 0 Å². The molecular formula is O4Pb3. The Balaban J connectivity index is 2.25. The van der Waals surface area contributed by atoms with E-state index in [0.717, 1.165) is 0 Å². The number of hydrogen-bond donors (Lipinski definition) is 0. The van der Waals surface area contributed by atoms with E-state index >= 15 is 0 Å². The van der Waals surface area contributed by atoms with Crippen molar-refractivity contribution in [3.8, 4) is 0 Å². The molecule has 1 aliphatic heterocycles. The maximum absolute atomic E-state index is 10.3. The van der Waals surface area contributed by atoms with Crippen molar-refractivity contribution in [3.63, 3.8) is 0 Å². The van der Waals surface area contributed by atoms with E-state index in [1.165, 1.54) is 0 Å². The Kier molecular flexibility index (Phi) is 4.63. The third-order valence-corrected chi connectivity index (χ3v) is 25.7. The second-order valence-corrected chi connectivity index (χ2v) is 27.2. The molecule has 0 saturated carbocycles. The Hall–Kier alpha value is 2.45. The molecule has 7 heteroatoms. The number of rotatable bonds is 0. The summed E-state index contributed by atoms with van der Waals surface area (Å²) in [6, 6.07) is 0. The van der Waals surface area contributed by atoms with E-state index in [9.17, 15) is 2.69 Å². The van der Waals surface area contributed by atoms with Crippen molar-refractivity contribution in [2.24, 2.45) is 0 Å². The molecule has 0 unspecified atom stereocenters. The molecule has 1 aliphatic rings. The summed E-state index contributed by atoms with van der Waals surface area (Å²) in [6.45, 7) is 0. The van der Waals surface area contributed by atoms with Crippen LogP contribution < -0.4 is 0 Å². The summed E-state index contributed by atoms with van der Waals surface area (Å²) < 4.78 is 24.7. The Labute approximate surface area is 76.8 Å². The molecule has 7 heavy (non-hydrogen) atoms. The van der Waals surface area contributed by atoms with Gasteiger partial charge in [-0.05, 0) is 0 Å². The van der Waals surface area contributed by atoms with E-state index in [1.54, 1.807) is 0 Å². The molecule has 0 aromatic rings. The molecule has 0 bridgehead atoms. The summed E-state index contributed by atoms with van der Waals surface area (Å²) in [5, 5.41) is 0. The van der Waals surface area contributed by atoms with Crippen molar-refractivity contribution in [1.82, 2.24) is 0 Å². The van der Waals surface area contributed by atoms with Gasteiger partial charge in [0.25, 0.3) is 0 Å². The minimum absolute atomic E-state index is 1.21. The van der Waals surface area contributed by atoms with Gasteiger partial charge >= 0.3 is 78.5 Å². The summed E-state index contributed by atoms with van der Waals surface area (Å²) in [5.41, 5.74) is 0. The van der Waals surface area contributed by atoms with E-state index in [1.807, 2.05) is 0 Å². The second-order valence-electron chi connectivity index (χ2n) is 0.723. The van der Waals surface area contributed by atoms with Gasteiger partial charge in [-0.1, -0.05) is 0 Å². The summed E-state index contributed by atoms with van der Waals surface area (Å²) in [7, 11) is 0. The monoisotopic (exact) mass is 688 g/mol. The van der Waals surface area contributed by atoms with Gasteiger partial charge in [-0.3, -0.25) is 0 Å². The summed E-state index contributed by atoms with van der Waals surface area (Å²) in [6.07, 6.45) is 0. The van der Waals surface area contributed by atoms with E-state index < -0.39 is 73.9 Å². The second kappa shape index (κ2) is 4.29. The SMILES string of the molecule is [O]=[Pb]1[O][Pb][O][Pb][O]1. The van der Waals surface area contributed by atoms with Crippen LogP contribution in [0.15, 0.2) is 0 Å². The van der Waals surface area contributed by atoms with E-state index in [2.05, 4.69) is 0 Å². The van der Waals surface area contributed by atoms with Gasteiger partial charge in [0.1, 0.15) is 0 Å². The summed E-state index contributed by atoms with van der Waals surface area (Å²) in [4.78, 5) is 0. The fourth-order valence-electron chi connectivity index (χ4n) is 0.148. The molecular weight excluding hydrogens is 686 g/mol. The Morgan fingerprint density at radius 3 is 2.14 bits per heavy atom. The molecule has 1 rings (SSSR count). The molecule has 0 aliphatic carbocycles. The molecule has 0 aromatic heterocycles. The van der Waals surface area contributed by atoms with E-state index in [4.69, 9.17) is 1.91 Å². The third-order valence-electron chi connectivity index (χ3n) is 0.333. The molecule has 1 heterocycles. The normalized spacial score (nSPS) is 22.6. The van der Waals surface area contributed by atoms with Crippen LogP contribution in [0, 0.1) is 0 Å². The van der Waals surface area contributed by atoms with Gasteiger partial charge in [0.05, 0.1) is 0 Å². The van der Waals surface area contributed by atoms with Crippen molar-refractivity contribution < 1.29 is 4.60 Å². The quantitative estimate of drug-likeness (QED) is 0.293. The summed E-state index contributed by atoms with van der Waals surface area (Å²) >= 11 is -5.31. The predicted molar refractivity (Wildman–Crippen MR) is 21.2 cm³/mol. The molecule has 0 atom stereocenters. The van der Waals surface area contributed by atoms with E-state index in [0.29, 0.717) is 0 Å².